The summed E-state index contributed by atoms with van der Waals surface area (Å²) in [5.41, 5.74) is 0.774. The Morgan fingerprint density at radius 3 is 2.50 bits per heavy atom. The molecular weight excluding hydrogens is 166 g/mol. The zero-order chi connectivity index (χ0) is 8.44. The van der Waals surface area contributed by atoms with Crippen molar-refractivity contribution in [1.29, 1.82) is 0 Å². The maximum atomic E-state index is 2.59. The molecule has 2 saturated heterocycles. The molecule has 2 aliphatic heterocycles. The van der Waals surface area contributed by atoms with Crippen molar-refractivity contribution in [2.24, 2.45) is 5.41 Å². The van der Waals surface area contributed by atoms with Crippen LogP contribution in [0.1, 0.15) is 26.2 Å². The van der Waals surface area contributed by atoms with Crippen LogP contribution < -0.4 is 0 Å². The minimum absolute atomic E-state index is 0.774. The van der Waals surface area contributed by atoms with E-state index in [0.29, 0.717) is 0 Å². The van der Waals surface area contributed by atoms with Gasteiger partial charge in [-0.1, -0.05) is 6.92 Å². The third kappa shape index (κ3) is 1.64. The maximum Gasteiger partial charge on any atom is -0.000955 e. The Morgan fingerprint density at radius 1 is 1.25 bits per heavy atom. The SMILES string of the molecule is CCN1CCC2(CCSC2)CC1. The molecule has 0 unspecified atom stereocenters. The minimum atomic E-state index is 0.774. The van der Waals surface area contributed by atoms with Gasteiger partial charge in [0.2, 0.25) is 0 Å². The second kappa shape index (κ2) is 3.59. The Bertz CT molecular complexity index is 142. The Morgan fingerprint density at radius 2 is 2.00 bits per heavy atom. The standard InChI is InChI=1S/C10H19NS/c1-2-11-6-3-10(4-7-11)5-8-12-9-10/h2-9H2,1H3. The molecule has 0 aromatic carbocycles. The number of nitrogens with zero attached hydrogens (tertiary/aromatic N) is 1. The van der Waals surface area contributed by atoms with E-state index < -0.39 is 0 Å². The predicted octanol–water partition coefficient (Wildman–Crippen LogP) is 2.23. The highest BCUT2D eigenvalue weighted by molar-refractivity contribution is 7.99. The zero-order valence-corrected chi connectivity index (χ0v) is 8.83. The van der Waals surface area contributed by atoms with Gasteiger partial charge in [-0.3, -0.25) is 0 Å². The van der Waals surface area contributed by atoms with Crippen LogP contribution in [0.5, 0.6) is 0 Å². The van der Waals surface area contributed by atoms with Crippen molar-refractivity contribution in [2.75, 3.05) is 31.1 Å². The van der Waals surface area contributed by atoms with Gasteiger partial charge in [0.25, 0.3) is 0 Å². The van der Waals surface area contributed by atoms with Crippen molar-refractivity contribution in [3.8, 4) is 0 Å². The normalized spacial score (nSPS) is 29.8. The average molecular weight is 185 g/mol. The number of hydrogen-bond acceptors (Lipinski definition) is 2. The highest BCUT2D eigenvalue weighted by Crippen LogP contribution is 2.43. The van der Waals surface area contributed by atoms with E-state index in [1.54, 1.807) is 0 Å². The largest absolute Gasteiger partial charge is 0.304 e. The molecule has 2 fully saturated rings. The lowest BCUT2D eigenvalue weighted by Crippen LogP contribution is -2.39. The second-order valence-corrected chi connectivity index (χ2v) is 5.34. The lowest BCUT2D eigenvalue weighted by atomic mass is 9.78. The van der Waals surface area contributed by atoms with Crippen LogP contribution in [0.15, 0.2) is 0 Å². The van der Waals surface area contributed by atoms with Crippen molar-refractivity contribution in [1.82, 2.24) is 4.90 Å². The summed E-state index contributed by atoms with van der Waals surface area (Å²) < 4.78 is 0. The summed E-state index contributed by atoms with van der Waals surface area (Å²) in [7, 11) is 0. The fraction of sp³-hybridized carbons (Fsp3) is 1.00. The van der Waals surface area contributed by atoms with Crippen LogP contribution in [0.2, 0.25) is 0 Å². The molecule has 2 heterocycles. The van der Waals surface area contributed by atoms with Crippen molar-refractivity contribution in [3.63, 3.8) is 0 Å². The van der Waals surface area contributed by atoms with Crippen LogP contribution in [-0.2, 0) is 0 Å². The van der Waals surface area contributed by atoms with Crippen molar-refractivity contribution < 1.29 is 0 Å². The molecule has 2 rings (SSSR count). The van der Waals surface area contributed by atoms with Crippen LogP contribution in [0.3, 0.4) is 0 Å². The molecule has 2 aliphatic rings. The lowest BCUT2D eigenvalue weighted by Gasteiger charge is -2.38. The first-order chi connectivity index (χ1) is 5.85. The molecule has 1 nitrogen and oxygen atoms in total. The maximum absolute atomic E-state index is 2.59. The van der Waals surface area contributed by atoms with Crippen LogP contribution in [0, 0.1) is 5.41 Å². The summed E-state index contributed by atoms with van der Waals surface area (Å²) in [6.45, 7) is 6.25. The van der Waals surface area contributed by atoms with Gasteiger partial charge >= 0.3 is 0 Å². The molecule has 0 saturated carbocycles. The van der Waals surface area contributed by atoms with E-state index in [9.17, 15) is 0 Å². The van der Waals surface area contributed by atoms with E-state index in [-0.39, 0.29) is 0 Å². The van der Waals surface area contributed by atoms with E-state index in [1.165, 1.54) is 50.4 Å². The second-order valence-electron chi connectivity index (χ2n) is 4.24. The molecule has 1 spiro atoms. The highest BCUT2D eigenvalue weighted by atomic mass is 32.2. The van der Waals surface area contributed by atoms with Crippen molar-refractivity contribution in [3.05, 3.63) is 0 Å². The zero-order valence-electron chi connectivity index (χ0n) is 8.01. The number of piperidine rings is 1. The molecule has 0 aromatic rings. The van der Waals surface area contributed by atoms with Crippen LogP contribution in [-0.4, -0.2) is 36.0 Å². The Labute approximate surface area is 79.9 Å². The Hall–Kier alpha value is 0.310. The average Bonchev–Trinajstić information content (AvgIpc) is 2.55. The Balaban J connectivity index is 1.88. The molecule has 0 N–H and O–H groups in total. The van der Waals surface area contributed by atoms with E-state index in [0.717, 1.165) is 5.41 Å². The van der Waals surface area contributed by atoms with Gasteiger partial charge in [0, 0.05) is 0 Å². The number of thioether (sulfide) groups is 1. The van der Waals surface area contributed by atoms with Gasteiger partial charge in [-0.25, -0.2) is 0 Å². The van der Waals surface area contributed by atoms with E-state index in [4.69, 9.17) is 0 Å². The quantitative estimate of drug-likeness (QED) is 0.616. The number of likely N-dealkylation sites (tertiary alicyclic amines) is 1. The first kappa shape index (κ1) is 8.89. The van der Waals surface area contributed by atoms with E-state index in [2.05, 4.69) is 23.6 Å². The summed E-state index contributed by atoms with van der Waals surface area (Å²) in [5, 5.41) is 0. The lowest BCUT2D eigenvalue weighted by molar-refractivity contribution is 0.129. The molecular formula is C10H19NS. The molecule has 70 valence electrons. The van der Waals surface area contributed by atoms with E-state index in [1.807, 2.05) is 0 Å². The predicted molar refractivity (Wildman–Crippen MR) is 55.7 cm³/mol. The van der Waals surface area contributed by atoms with Gasteiger partial charge in [-0.15, -0.1) is 0 Å². The van der Waals surface area contributed by atoms with Gasteiger partial charge in [0.1, 0.15) is 0 Å². The molecule has 0 aromatic heterocycles. The van der Waals surface area contributed by atoms with Crippen molar-refractivity contribution >= 4 is 11.8 Å². The van der Waals surface area contributed by atoms with Gasteiger partial charge in [0.05, 0.1) is 0 Å². The third-order valence-electron chi connectivity index (χ3n) is 3.55. The van der Waals surface area contributed by atoms with Gasteiger partial charge in [-0.05, 0) is 55.8 Å². The highest BCUT2D eigenvalue weighted by Gasteiger charge is 2.36. The van der Waals surface area contributed by atoms with Gasteiger partial charge in [-0.2, -0.15) is 11.8 Å². The molecule has 0 amide bonds. The molecule has 2 heteroatoms. The Kier molecular flexibility index (Phi) is 2.66. The van der Waals surface area contributed by atoms with Gasteiger partial charge in [0.15, 0.2) is 0 Å². The fourth-order valence-electron chi connectivity index (χ4n) is 2.39. The number of rotatable bonds is 1. The fourth-order valence-corrected chi connectivity index (χ4v) is 3.98. The molecule has 0 bridgehead atoms. The van der Waals surface area contributed by atoms with E-state index >= 15 is 0 Å². The molecule has 0 radical (unpaired) electrons. The first-order valence-electron chi connectivity index (χ1n) is 5.15. The number of hydrogen-bond donors (Lipinski definition) is 0. The minimum Gasteiger partial charge on any atom is -0.304 e. The van der Waals surface area contributed by atoms with Crippen LogP contribution >= 0.6 is 11.8 Å². The summed E-state index contributed by atoms with van der Waals surface area (Å²) in [5.74, 6) is 2.87. The van der Waals surface area contributed by atoms with Crippen LogP contribution in [0.4, 0.5) is 0 Å². The monoisotopic (exact) mass is 185 g/mol. The summed E-state index contributed by atoms with van der Waals surface area (Å²) in [4.78, 5) is 2.59. The smallest absolute Gasteiger partial charge is 0.000955 e. The van der Waals surface area contributed by atoms with Gasteiger partial charge < -0.3 is 4.90 Å². The molecule has 0 atom stereocenters. The first-order valence-corrected chi connectivity index (χ1v) is 6.30. The van der Waals surface area contributed by atoms with Crippen molar-refractivity contribution in [2.45, 2.75) is 26.2 Å². The third-order valence-corrected chi connectivity index (χ3v) is 4.86. The summed E-state index contributed by atoms with van der Waals surface area (Å²) in [6, 6.07) is 0. The molecule has 12 heavy (non-hydrogen) atoms. The summed E-state index contributed by atoms with van der Waals surface area (Å²) in [6.07, 6.45) is 4.43. The van der Waals surface area contributed by atoms with Crippen LogP contribution in [0.25, 0.3) is 0 Å². The topological polar surface area (TPSA) is 3.24 Å². The molecule has 0 aliphatic carbocycles. The summed E-state index contributed by atoms with van der Waals surface area (Å²) >= 11 is 2.17.